The predicted octanol–water partition coefficient (Wildman–Crippen LogP) is 1.22. The lowest BCUT2D eigenvalue weighted by Gasteiger charge is -2.23. The number of anilines is 1. The molecule has 1 rings (SSSR count). The Morgan fingerprint density at radius 3 is 2.50 bits per heavy atom. The molecule has 0 saturated heterocycles. The monoisotopic (exact) mass is 195 g/mol. The van der Waals surface area contributed by atoms with Crippen LogP contribution >= 0.6 is 0 Å². The van der Waals surface area contributed by atoms with Crippen molar-refractivity contribution in [3.63, 3.8) is 0 Å². The van der Waals surface area contributed by atoms with E-state index in [0.717, 1.165) is 12.1 Å². The van der Waals surface area contributed by atoms with Gasteiger partial charge >= 0.3 is 0 Å². The summed E-state index contributed by atoms with van der Waals surface area (Å²) in [6, 6.07) is 0. The van der Waals surface area contributed by atoms with Crippen molar-refractivity contribution in [1.29, 1.82) is 0 Å². The summed E-state index contributed by atoms with van der Waals surface area (Å²) in [4.78, 5) is 8.41. The first-order chi connectivity index (χ1) is 6.57. The van der Waals surface area contributed by atoms with Gasteiger partial charge in [0.25, 0.3) is 0 Å². The van der Waals surface area contributed by atoms with Crippen molar-refractivity contribution in [3.05, 3.63) is 18.1 Å². The molecule has 78 valence electrons. The molecule has 0 unspecified atom stereocenters. The van der Waals surface area contributed by atoms with E-state index in [1.165, 1.54) is 0 Å². The molecule has 1 aromatic rings. The molecule has 0 fully saturated rings. The van der Waals surface area contributed by atoms with Crippen LogP contribution in [0.5, 0.6) is 0 Å². The van der Waals surface area contributed by atoms with Gasteiger partial charge in [-0.3, -0.25) is 4.98 Å². The lowest BCUT2D eigenvalue weighted by Crippen LogP contribution is -2.35. The zero-order valence-corrected chi connectivity index (χ0v) is 8.91. The Hall–Kier alpha value is -1.16. The van der Waals surface area contributed by atoms with E-state index < -0.39 is 0 Å². The van der Waals surface area contributed by atoms with Gasteiger partial charge in [0.1, 0.15) is 5.82 Å². The van der Waals surface area contributed by atoms with Gasteiger partial charge in [0.2, 0.25) is 0 Å². The van der Waals surface area contributed by atoms with Crippen molar-refractivity contribution >= 4 is 5.82 Å². The van der Waals surface area contributed by atoms with Gasteiger partial charge in [-0.2, -0.15) is 0 Å². The minimum absolute atomic E-state index is 0.0597. The molecular weight excluding hydrogens is 178 g/mol. The number of aliphatic hydroxyl groups excluding tert-OH is 1. The quantitative estimate of drug-likeness (QED) is 0.758. The first kappa shape index (κ1) is 10.9. The van der Waals surface area contributed by atoms with E-state index in [9.17, 15) is 0 Å². The van der Waals surface area contributed by atoms with Crippen LogP contribution in [-0.4, -0.2) is 27.2 Å². The molecule has 2 N–H and O–H groups in total. The van der Waals surface area contributed by atoms with Crippen LogP contribution in [0.2, 0.25) is 0 Å². The van der Waals surface area contributed by atoms with E-state index in [4.69, 9.17) is 5.11 Å². The Bertz CT molecular complexity index is 282. The fraction of sp³-hybridized carbons (Fsp3) is 0.600. The van der Waals surface area contributed by atoms with Crippen molar-refractivity contribution in [2.45, 2.75) is 32.7 Å². The van der Waals surface area contributed by atoms with Crippen molar-refractivity contribution in [2.75, 3.05) is 11.9 Å². The second-order valence-electron chi connectivity index (χ2n) is 3.91. The van der Waals surface area contributed by atoms with Gasteiger partial charge in [-0.1, -0.05) is 6.92 Å². The highest BCUT2D eigenvalue weighted by Crippen LogP contribution is 2.10. The minimum atomic E-state index is -0.359. The normalized spacial score (nSPS) is 11.4. The molecule has 4 heteroatoms. The summed E-state index contributed by atoms with van der Waals surface area (Å²) in [6.07, 6.45) is 4.32. The van der Waals surface area contributed by atoms with Crippen molar-refractivity contribution in [2.24, 2.45) is 0 Å². The molecule has 1 heterocycles. The summed E-state index contributed by atoms with van der Waals surface area (Å²) in [5.74, 6) is 0.696. The summed E-state index contributed by atoms with van der Waals surface area (Å²) in [7, 11) is 0. The number of nitrogens with one attached hydrogen (secondary N) is 1. The third-order valence-electron chi connectivity index (χ3n) is 1.93. The van der Waals surface area contributed by atoms with Gasteiger partial charge in [-0.25, -0.2) is 4.98 Å². The van der Waals surface area contributed by atoms with Crippen LogP contribution in [0.4, 0.5) is 5.82 Å². The highest BCUT2D eigenvalue weighted by atomic mass is 16.3. The van der Waals surface area contributed by atoms with Crippen LogP contribution < -0.4 is 5.32 Å². The zero-order chi connectivity index (χ0) is 10.6. The number of aliphatic hydroxyl groups is 1. The van der Waals surface area contributed by atoms with Crippen LogP contribution in [0.3, 0.4) is 0 Å². The summed E-state index contributed by atoms with van der Waals surface area (Å²) in [5, 5.41) is 12.1. The first-order valence-electron chi connectivity index (χ1n) is 4.77. The molecule has 0 aromatic carbocycles. The fourth-order valence-corrected chi connectivity index (χ4v) is 0.988. The Morgan fingerprint density at radius 2 is 2.07 bits per heavy atom. The van der Waals surface area contributed by atoms with Crippen LogP contribution in [-0.2, 0) is 6.42 Å². The molecular formula is C10H17N3O. The summed E-state index contributed by atoms with van der Waals surface area (Å²) in [6.45, 7) is 5.91. The zero-order valence-electron chi connectivity index (χ0n) is 8.91. The summed E-state index contributed by atoms with van der Waals surface area (Å²) < 4.78 is 0. The number of hydrogen-bond acceptors (Lipinski definition) is 4. The Kier molecular flexibility index (Phi) is 3.41. The third-order valence-corrected chi connectivity index (χ3v) is 1.93. The number of rotatable bonds is 4. The molecule has 0 aliphatic heterocycles. The van der Waals surface area contributed by atoms with Gasteiger partial charge in [0.05, 0.1) is 30.2 Å². The maximum Gasteiger partial charge on any atom is 0.144 e. The Balaban J connectivity index is 2.69. The number of aromatic nitrogens is 2. The Morgan fingerprint density at radius 1 is 1.36 bits per heavy atom. The fourth-order valence-electron chi connectivity index (χ4n) is 0.988. The number of hydrogen-bond donors (Lipinski definition) is 2. The van der Waals surface area contributed by atoms with E-state index in [2.05, 4.69) is 15.3 Å². The predicted molar refractivity (Wildman–Crippen MR) is 56.2 cm³/mol. The topological polar surface area (TPSA) is 58.0 Å². The van der Waals surface area contributed by atoms with Crippen LogP contribution in [0.25, 0.3) is 0 Å². The molecule has 14 heavy (non-hydrogen) atoms. The average molecular weight is 195 g/mol. The van der Waals surface area contributed by atoms with E-state index in [-0.39, 0.29) is 12.1 Å². The number of aryl methyl sites for hydroxylation is 1. The molecule has 0 aliphatic rings. The first-order valence-corrected chi connectivity index (χ1v) is 4.77. The largest absolute Gasteiger partial charge is 0.394 e. The van der Waals surface area contributed by atoms with Crippen LogP contribution in [0.15, 0.2) is 12.4 Å². The van der Waals surface area contributed by atoms with Gasteiger partial charge < -0.3 is 10.4 Å². The van der Waals surface area contributed by atoms with Crippen LogP contribution in [0, 0.1) is 0 Å². The average Bonchev–Trinajstić information content (AvgIpc) is 2.19. The van der Waals surface area contributed by atoms with E-state index in [1.807, 2.05) is 20.8 Å². The molecule has 0 radical (unpaired) electrons. The van der Waals surface area contributed by atoms with E-state index >= 15 is 0 Å². The van der Waals surface area contributed by atoms with Crippen LogP contribution in [0.1, 0.15) is 26.5 Å². The van der Waals surface area contributed by atoms with Crippen molar-refractivity contribution in [3.8, 4) is 0 Å². The third kappa shape index (κ3) is 2.96. The summed E-state index contributed by atoms with van der Waals surface area (Å²) >= 11 is 0. The second-order valence-corrected chi connectivity index (χ2v) is 3.91. The molecule has 0 saturated carbocycles. The molecule has 1 aromatic heterocycles. The maximum atomic E-state index is 9.05. The molecule has 0 atom stereocenters. The molecule has 0 amide bonds. The SMILES string of the molecule is CCc1cnc(NC(C)(C)CO)cn1. The maximum absolute atomic E-state index is 9.05. The van der Waals surface area contributed by atoms with E-state index in [1.54, 1.807) is 12.4 Å². The molecule has 0 spiro atoms. The lowest BCUT2D eigenvalue weighted by molar-refractivity contribution is 0.234. The molecule has 4 nitrogen and oxygen atoms in total. The van der Waals surface area contributed by atoms with Crippen molar-refractivity contribution < 1.29 is 5.11 Å². The number of nitrogens with zero attached hydrogens (tertiary/aromatic N) is 2. The van der Waals surface area contributed by atoms with Gasteiger partial charge in [-0.05, 0) is 20.3 Å². The highest BCUT2D eigenvalue weighted by Gasteiger charge is 2.16. The minimum Gasteiger partial charge on any atom is -0.394 e. The molecule has 0 aliphatic carbocycles. The second kappa shape index (κ2) is 4.37. The Labute approximate surface area is 84.4 Å². The highest BCUT2D eigenvalue weighted by molar-refractivity contribution is 5.34. The summed E-state index contributed by atoms with van der Waals surface area (Å²) in [5.41, 5.74) is 0.611. The standard InChI is InChI=1S/C10H17N3O/c1-4-8-5-12-9(6-11-8)13-10(2,3)7-14/h5-6,14H,4,7H2,1-3H3,(H,12,13). The van der Waals surface area contributed by atoms with E-state index in [0.29, 0.717) is 5.82 Å². The smallest absolute Gasteiger partial charge is 0.144 e. The van der Waals surface area contributed by atoms with Gasteiger partial charge in [0.15, 0.2) is 0 Å². The lowest BCUT2D eigenvalue weighted by atomic mass is 10.1. The van der Waals surface area contributed by atoms with Gasteiger partial charge in [-0.15, -0.1) is 0 Å². The molecule has 0 bridgehead atoms. The van der Waals surface area contributed by atoms with Gasteiger partial charge in [0, 0.05) is 0 Å². The van der Waals surface area contributed by atoms with Crippen molar-refractivity contribution in [1.82, 2.24) is 9.97 Å².